The van der Waals surface area contributed by atoms with Gasteiger partial charge in [-0.25, -0.2) is 0 Å². The predicted molar refractivity (Wildman–Crippen MR) is 72.0 cm³/mol. The third kappa shape index (κ3) is 4.46. The van der Waals surface area contributed by atoms with Crippen molar-refractivity contribution in [2.24, 2.45) is 10.9 Å². The Labute approximate surface area is 110 Å². The molecule has 1 rings (SSSR count). The van der Waals surface area contributed by atoms with Crippen LogP contribution in [-0.2, 0) is 10.5 Å². The van der Waals surface area contributed by atoms with Crippen molar-refractivity contribution in [3.63, 3.8) is 0 Å². The van der Waals surface area contributed by atoms with Gasteiger partial charge in [-0.15, -0.1) is 0 Å². The summed E-state index contributed by atoms with van der Waals surface area (Å²) in [5, 5.41) is 12.1. The highest BCUT2D eigenvalue weighted by atomic mass is 35.5. The number of hydrogen-bond acceptors (Lipinski definition) is 4. The molecule has 0 bridgehead atoms. The highest BCUT2D eigenvalue weighted by Crippen LogP contribution is 2.22. The summed E-state index contributed by atoms with van der Waals surface area (Å²) >= 11 is 7.85. The van der Waals surface area contributed by atoms with Gasteiger partial charge in [0.05, 0.1) is 6.61 Å². The van der Waals surface area contributed by atoms with Crippen LogP contribution in [0.15, 0.2) is 23.4 Å². The zero-order valence-corrected chi connectivity index (χ0v) is 11.1. The Morgan fingerprint density at radius 2 is 2.35 bits per heavy atom. The van der Waals surface area contributed by atoms with Crippen LogP contribution in [0.4, 0.5) is 0 Å². The van der Waals surface area contributed by atoms with Crippen molar-refractivity contribution in [3.05, 3.63) is 34.3 Å². The molecule has 0 aromatic heterocycles. The minimum Gasteiger partial charge on any atom is -0.409 e. The van der Waals surface area contributed by atoms with Gasteiger partial charge >= 0.3 is 0 Å². The van der Waals surface area contributed by atoms with E-state index in [9.17, 15) is 0 Å². The molecule has 1 aromatic carbocycles. The van der Waals surface area contributed by atoms with Gasteiger partial charge in [0.2, 0.25) is 0 Å². The summed E-state index contributed by atoms with van der Waals surface area (Å²) in [7, 11) is 1.68. The van der Waals surface area contributed by atoms with E-state index in [1.165, 1.54) is 0 Å². The topological polar surface area (TPSA) is 67.8 Å². The minimum absolute atomic E-state index is 0.0606. The van der Waals surface area contributed by atoms with Crippen molar-refractivity contribution in [1.82, 2.24) is 0 Å². The Hall–Kier alpha value is -0.910. The molecular weight excluding hydrogens is 260 g/mol. The number of methoxy groups -OCH3 is 1. The van der Waals surface area contributed by atoms with Gasteiger partial charge < -0.3 is 15.7 Å². The molecule has 4 nitrogen and oxygen atoms in total. The highest BCUT2D eigenvalue weighted by Gasteiger charge is 2.05. The Balaban J connectivity index is 2.63. The number of ether oxygens (including phenoxy) is 1. The van der Waals surface area contributed by atoms with Gasteiger partial charge in [0.25, 0.3) is 0 Å². The number of oxime groups is 1. The van der Waals surface area contributed by atoms with Gasteiger partial charge in [-0.3, -0.25) is 0 Å². The van der Waals surface area contributed by atoms with Crippen molar-refractivity contribution in [2.45, 2.75) is 5.75 Å². The SMILES string of the molecule is COCCSCc1ccc(/C(N)=N/O)cc1Cl. The molecule has 0 saturated carbocycles. The van der Waals surface area contributed by atoms with Crippen molar-refractivity contribution < 1.29 is 9.94 Å². The quantitative estimate of drug-likeness (QED) is 0.275. The van der Waals surface area contributed by atoms with E-state index in [0.29, 0.717) is 10.6 Å². The maximum Gasteiger partial charge on any atom is 0.170 e. The maximum atomic E-state index is 8.55. The van der Waals surface area contributed by atoms with E-state index in [-0.39, 0.29) is 5.84 Å². The average molecular weight is 275 g/mol. The smallest absolute Gasteiger partial charge is 0.170 e. The molecule has 0 amide bonds. The first-order valence-electron chi connectivity index (χ1n) is 5.02. The van der Waals surface area contributed by atoms with E-state index in [1.54, 1.807) is 31.0 Å². The Morgan fingerprint density at radius 1 is 1.59 bits per heavy atom. The lowest BCUT2D eigenvalue weighted by Crippen LogP contribution is -2.13. The number of halogens is 1. The summed E-state index contributed by atoms with van der Waals surface area (Å²) in [4.78, 5) is 0. The molecule has 0 aliphatic carbocycles. The molecule has 0 heterocycles. The van der Waals surface area contributed by atoms with Crippen molar-refractivity contribution in [2.75, 3.05) is 19.5 Å². The molecular formula is C11H15ClN2O2S. The van der Waals surface area contributed by atoms with E-state index in [4.69, 9.17) is 27.3 Å². The zero-order valence-electron chi connectivity index (χ0n) is 9.52. The fraction of sp³-hybridized carbons (Fsp3) is 0.364. The molecule has 0 spiro atoms. The summed E-state index contributed by atoms with van der Waals surface area (Å²) in [6, 6.07) is 5.37. The lowest BCUT2D eigenvalue weighted by atomic mass is 10.1. The predicted octanol–water partition coefficient (Wildman–Crippen LogP) is 2.31. The van der Waals surface area contributed by atoms with Crippen LogP contribution < -0.4 is 5.73 Å². The van der Waals surface area contributed by atoms with E-state index in [1.807, 2.05) is 6.07 Å². The van der Waals surface area contributed by atoms with Crippen LogP contribution in [0.25, 0.3) is 0 Å². The Bertz CT molecular complexity index is 399. The molecule has 0 aliphatic rings. The number of benzene rings is 1. The number of amidine groups is 1. The molecule has 17 heavy (non-hydrogen) atoms. The molecule has 0 aliphatic heterocycles. The zero-order chi connectivity index (χ0) is 12.7. The monoisotopic (exact) mass is 274 g/mol. The molecule has 6 heteroatoms. The fourth-order valence-electron chi connectivity index (χ4n) is 1.21. The Kier molecular flexibility index (Phi) is 6.18. The highest BCUT2D eigenvalue weighted by molar-refractivity contribution is 7.98. The van der Waals surface area contributed by atoms with Crippen molar-refractivity contribution in [3.8, 4) is 0 Å². The number of thioether (sulfide) groups is 1. The summed E-state index contributed by atoms with van der Waals surface area (Å²) in [6.45, 7) is 0.727. The largest absolute Gasteiger partial charge is 0.409 e. The van der Waals surface area contributed by atoms with Crippen molar-refractivity contribution in [1.29, 1.82) is 0 Å². The van der Waals surface area contributed by atoms with Crippen LogP contribution in [0.5, 0.6) is 0 Å². The van der Waals surface area contributed by atoms with Crippen LogP contribution in [0.2, 0.25) is 5.02 Å². The van der Waals surface area contributed by atoms with Crippen LogP contribution in [0, 0.1) is 0 Å². The van der Waals surface area contributed by atoms with Crippen LogP contribution >= 0.6 is 23.4 Å². The van der Waals surface area contributed by atoms with Gasteiger partial charge in [-0.05, 0) is 11.6 Å². The molecule has 0 atom stereocenters. The number of nitrogens with zero attached hydrogens (tertiary/aromatic N) is 1. The molecule has 3 N–H and O–H groups in total. The van der Waals surface area contributed by atoms with E-state index in [0.717, 1.165) is 23.7 Å². The Morgan fingerprint density at radius 3 is 2.94 bits per heavy atom. The second-order valence-corrected chi connectivity index (χ2v) is 4.85. The van der Waals surface area contributed by atoms with Gasteiger partial charge in [-0.2, -0.15) is 11.8 Å². The lowest BCUT2D eigenvalue weighted by molar-refractivity contribution is 0.218. The standard InChI is InChI=1S/C11H15ClN2O2S/c1-16-4-5-17-7-9-3-2-8(6-10(9)12)11(13)14-15/h2-3,6,15H,4-5,7H2,1H3,(H2,13,14). The first kappa shape index (κ1) is 14.2. The summed E-state index contributed by atoms with van der Waals surface area (Å²) < 4.78 is 4.96. The van der Waals surface area contributed by atoms with Gasteiger partial charge in [0.1, 0.15) is 0 Å². The second kappa shape index (κ2) is 7.42. The van der Waals surface area contributed by atoms with Crippen molar-refractivity contribution >= 4 is 29.2 Å². The van der Waals surface area contributed by atoms with E-state index >= 15 is 0 Å². The van der Waals surface area contributed by atoms with E-state index < -0.39 is 0 Å². The van der Waals surface area contributed by atoms with Crippen LogP contribution in [-0.4, -0.2) is 30.5 Å². The fourth-order valence-corrected chi connectivity index (χ4v) is 2.43. The summed E-state index contributed by atoms with van der Waals surface area (Å²) in [6.07, 6.45) is 0. The van der Waals surface area contributed by atoms with Gasteiger partial charge in [0, 0.05) is 29.2 Å². The minimum atomic E-state index is 0.0606. The van der Waals surface area contributed by atoms with Gasteiger partial charge in [-0.1, -0.05) is 28.9 Å². The summed E-state index contributed by atoms with van der Waals surface area (Å²) in [5.41, 5.74) is 7.12. The number of rotatable bonds is 6. The van der Waals surface area contributed by atoms with Crippen LogP contribution in [0.3, 0.4) is 0 Å². The maximum absolute atomic E-state index is 8.55. The van der Waals surface area contributed by atoms with E-state index in [2.05, 4.69) is 5.16 Å². The molecule has 0 unspecified atom stereocenters. The molecule has 0 fully saturated rings. The number of hydrogen-bond donors (Lipinski definition) is 2. The molecule has 94 valence electrons. The first-order valence-corrected chi connectivity index (χ1v) is 6.55. The second-order valence-electron chi connectivity index (χ2n) is 3.34. The third-order valence-electron chi connectivity index (χ3n) is 2.15. The first-order chi connectivity index (χ1) is 8.19. The summed E-state index contributed by atoms with van der Waals surface area (Å²) in [5.74, 6) is 1.80. The average Bonchev–Trinajstić information content (AvgIpc) is 2.35. The lowest BCUT2D eigenvalue weighted by Gasteiger charge is -2.06. The van der Waals surface area contributed by atoms with Gasteiger partial charge in [0.15, 0.2) is 5.84 Å². The number of nitrogens with two attached hydrogens (primary N) is 1. The molecule has 0 saturated heterocycles. The van der Waals surface area contributed by atoms with Crippen LogP contribution in [0.1, 0.15) is 11.1 Å². The third-order valence-corrected chi connectivity index (χ3v) is 3.47. The normalized spacial score (nSPS) is 11.8. The molecule has 1 aromatic rings. The molecule has 0 radical (unpaired) electrons.